The molecule has 1 unspecified atom stereocenters. The molecule has 0 bridgehead atoms. The molecule has 0 aromatic heterocycles. The predicted octanol–water partition coefficient (Wildman–Crippen LogP) is 2.14. The van der Waals surface area contributed by atoms with Crippen LogP contribution >= 0.6 is 15.9 Å². The summed E-state index contributed by atoms with van der Waals surface area (Å²) in [5.74, 6) is 0.779. The first kappa shape index (κ1) is 13.5. The fourth-order valence-corrected chi connectivity index (χ4v) is 1.53. The molecule has 1 N–H and O–H groups in total. The molecule has 16 heavy (non-hydrogen) atoms. The van der Waals surface area contributed by atoms with Gasteiger partial charge in [-0.15, -0.1) is 0 Å². The molecule has 0 radical (unpaired) electrons. The Bertz CT molecular complexity index is 302. The van der Waals surface area contributed by atoms with E-state index in [2.05, 4.69) is 27.8 Å². The molecule has 0 saturated carbocycles. The van der Waals surface area contributed by atoms with Gasteiger partial charge in [0.1, 0.15) is 18.5 Å². The van der Waals surface area contributed by atoms with E-state index in [9.17, 15) is 5.11 Å². The van der Waals surface area contributed by atoms with Crippen LogP contribution in [0.3, 0.4) is 0 Å². The third-order valence-electron chi connectivity index (χ3n) is 2.32. The number of ether oxygens (including phenoxy) is 1. The Balaban J connectivity index is 2.31. The molecule has 1 rings (SSSR count). The zero-order chi connectivity index (χ0) is 12.0. The summed E-state index contributed by atoms with van der Waals surface area (Å²) in [5, 5.41) is 9.69. The van der Waals surface area contributed by atoms with Crippen molar-refractivity contribution in [3.63, 3.8) is 0 Å². The quantitative estimate of drug-likeness (QED) is 0.870. The zero-order valence-corrected chi connectivity index (χ0v) is 11.3. The van der Waals surface area contributed by atoms with Gasteiger partial charge in [-0.05, 0) is 37.9 Å². The fourth-order valence-electron chi connectivity index (χ4n) is 1.26. The number of benzene rings is 1. The standard InChI is InChI=1S/C12H18BrNO2/c1-3-14(2)8-11(15)9-16-12-6-4-10(13)5-7-12/h4-7,11,15H,3,8-9H2,1-2H3. The van der Waals surface area contributed by atoms with Gasteiger partial charge in [0.15, 0.2) is 0 Å². The summed E-state index contributed by atoms with van der Waals surface area (Å²) >= 11 is 3.36. The normalized spacial score (nSPS) is 12.8. The molecule has 90 valence electrons. The number of rotatable bonds is 6. The lowest BCUT2D eigenvalue weighted by atomic mass is 10.3. The topological polar surface area (TPSA) is 32.7 Å². The molecule has 1 aromatic carbocycles. The Kier molecular flexibility index (Phi) is 5.80. The Morgan fingerprint density at radius 2 is 2.00 bits per heavy atom. The van der Waals surface area contributed by atoms with Crippen LogP contribution in [0.4, 0.5) is 0 Å². The molecular weight excluding hydrogens is 270 g/mol. The number of hydrogen-bond donors (Lipinski definition) is 1. The number of likely N-dealkylation sites (N-methyl/N-ethyl adjacent to an activating group) is 1. The van der Waals surface area contributed by atoms with E-state index in [-0.39, 0.29) is 0 Å². The second-order valence-electron chi connectivity index (χ2n) is 3.77. The number of hydrogen-bond acceptors (Lipinski definition) is 3. The van der Waals surface area contributed by atoms with Crippen molar-refractivity contribution in [2.75, 3.05) is 26.7 Å². The van der Waals surface area contributed by atoms with Gasteiger partial charge in [0.25, 0.3) is 0 Å². The third-order valence-corrected chi connectivity index (χ3v) is 2.85. The van der Waals surface area contributed by atoms with Crippen LogP contribution in [0.1, 0.15) is 6.92 Å². The van der Waals surface area contributed by atoms with Crippen molar-refractivity contribution in [1.29, 1.82) is 0 Å². The highest BCUT2D eigenvalue weighted by atomic mass is 79.9. The predicted molar refractivity (Wildman–Crippen MR) is 68.8 cm³/mol. The van der Waals surface area contributed by atoms with Crippen molar-refractivity contribution in [2.45, 2.75) is 13.0 Å². The van der Waals surface area contributed by atoms with E-state index in [4.69, 9.17) is 4.74 Å². The molecule has 1 atom stereocenters. The number of halogens is 1. The second kappa shape index (κ2) is 6.89. The van der Waals surface area contributed by atoms with Gasteiger partial charge in [-0.3, -0.25) is 0 Å². The first-order chi connectivity index (χ1) is 7.61. The largest absolute Gasteiger partial charge is 0.491 e. The minimum atomic E-state index is -0.450. The Morgan fingerprint density at radius 3 is 2.56 bits per heavy atom. The number of aliphatic hydroxyl groups excluding tert-OH is 1. The lowest BCUT2D eigenvalue weighted by Crippen LogP contribution is -2.32. The smallest absolute Gasteiger partial charge is 0.119 e. The highest BCUT2D eigenvalue weighted by Gasteiger charge is 2.07. The van der Waals surface area contributed by atoms with Crippen molar-refractivity contribution in [1.82, 2.24) is 4.90 Å². The molecule has 0 heterocycles. The van der Waals surface area contributed by atoms with Gasteiger partial charge in [0, 0.05) is 11.0 Å². The van der Waals surface area contributed by atoms with Gasteiger partial charge in [0.05, 0.1) is 0 Å². The Hall–Kier alpha value is -0.580. The summed E-state index contributed by atoms with van der Waals surface area (Å²) in [6.45, 7) is 3.94. The summed E-state index contributed by atoms with van der Waals surface area (Å²) in [6, 6.07) is 7.58. The minimum Gasteiger partial charge on any atom is -0.491 e. The second-order valence-corrected chi connectivity index (χ2v) is 4.69. The van der Waals surface area contributed by atoms with Crippen molar-refractivity contribution in [2.24, 2.45) is 0 Å². The average molecular weight is 288 g/mol. The molecule has 0 aliphatic rings. The molecule has 3 nitrogen and oxygen atoms in total. The van der Waals surface area contributed by atoms with Crippen LogP contribution in [0.5, 0.6) is 5.75 Å². The van der Waals surface area contributed by atoms with Crippen LogP contribution in [0.15, 0.2) is 28.7 Å². The van der Waals surface area contributed by atoms with E-state index in [0.717, 1.165) is 16.8 Å². The van der Waals surface area contributed by atoms with Crippen molar-refractivity contribution in [3.8, 4) is 5.75 Å². The van der Waals surface area contributed by atoms with Gasteiger partial charge in [0.2, 0.25) is 0 Å². The molecule has 0 aliphatic heterocycles. The maximum Gasteiger partial charge on any atom is 0.119 e. The highest BCUT2D eigenvalue weighted by Crippen LogP contribution is 2.16. The van der Waals surface area contributed by atoms with Crippen LogP contribution in [-0.4, -0.2) is 42.9 Å². The molecule has 0 amide bonds. The van der Waals surface area contributed by atoms with Crippen LogP contribution in [0.25, 0.3) is 0 Å². The minimum absolute atomic E-state index is 0.325. The van der Waals surface area contributed by atoms with Gasteiger partial charge in [-0.25, -0.2) is 0 Å². The van der Waals surface area contributed by atoms with E-state index in [1.165, 1.54) is 0 Å². The molecular formula is C12H18BrNO2. The fraction of sp³-hybridized carbons (Fsp3) is 0.500. The Labute approximate surface area is 105 Å². The van der Waals surface area contributed by atoms with E-state index in [1.807, 2.05) is 31.3 Å². The number of aliphatic hydroxyl groups is 1. The van der Waals surface area contributed by atoms with Gasteiger partial charge < -0.3 is 14.7 Å². The maximum absolute atomic E-state index is 9.69. The molecule has 1 aromatic rings. The van der Waals surface area contributed by atoms with Crippen molar-refractivity contribution < 1.29 is 9.84 Å². The maximum atomic E-state index is 9.69. The van der Waals surface area contributed by atoms with Gasteiger partial charge in [-0.1, -0.05) is 22.9 Å². The highest BCUT2D eigenvalue weighted by molar-refractivity contribution is 9.10. The van der Waals surface area contributed by atoms with E-state index in [0.29, 0.717) is 13.2 Å². The third kappa shape index (κ3) is 4.96. The van der Waals surface area contributed by atoms with E-state index in [1.54, 1.807) is 0 Å². The summed E-state index contributed by atoms with van der Waals surface area (Å²) in [6.07, 6.45) is -0.450. The zero-order valence-electron chi connectivity index (χ0n) is 9.69. The summed E-state index contributed by atoms with van der Waals surface area (Å²) in [7, 11) is 1.98. The Morgan fingerprint density at radius 1 is 1.38 bits per heavy atom. The average Bonchev–Trinajstić information content (AvgIpc) is 2.28. The summed E-state index contributed by atoms with van der Waals surface area (Å²) in [5.41, 5.74) is 0. The van der Waals surface area contributed by atoms with Gasteiger partial charge in [-0.2, -0.15) is 0 Å². The van der Waals surface area contributed by atoms with Crippen molar-refractivity contribution in [3.05, 3.63) is 28.7 Å². The number of nitrogens with zero attached hydrogens (tertiary/aromatic N) is 1. The van der Waals surface area contributed by atoms with E-state index >= 15 is 0 Å². The summed E-state index contributed by atoms with van der Waals surface area (Å²) < 4.78 is 6.49. The molecule has 0 spiro atoms. The first-order valence-corrected chi connectivity index (χ1v) is 6.16. The van der Waals surface area contributed by atoms with Gasteiger partial charge >= 0.3 is 0 Å². The molecule has 4 heteroatoms. The van der Waals surface area contributed by atoms with E-state index < -0.39 is 6.10 Å². The SMILES string of the molecule is CCN(C)CC(O)COc1ccc(Br)cc1. The van der Waals surface area contributed by atoms with Crippen LogP contribution in [0.2, 0.25) is 0 Å². The summed E-state index contributed by atoms with van der Waals surface area (Å²) in [4.78, 5) is 2.05. The lowest BCUT2D eigenvalue weighted by molar-refractivity contribution is 0.0778. The molecule has 0 aliphatic carbocycles. The molecule has 0 saturated heterocycles. The first-order valence-electron chi connectivity index (χ1n) is 5.36. The lowest BCUT2D eigenvalue weighted by Gasteiger charge is -2.18. The van der Waals surface area contributed by atoms with Crippen molar-refractivity contribution >= 4 is 15.9 Å². The van der Waals surface area contributed by atoms with Crippen LogP contribution in [0, 0.1) is 0 Å². The van der Waals surface area contributed by atoms with Crippen LogP contribution in [-0.2, 0) is 0 Å². The van der Waals surface area contributed by atoms with Crippen LogP contribution < -0.4 is 4.74 Å². The molecule has 0 fully saturated rings. The monoisotopic (exact) mass is 287 g/mol.